The van der Waals surface area contributed by atoms with Crippen LogP contribution in [0.4, 0.5) is 0 Å². The molecule has 3 aromatic carbocycles. The van der Waals surface area contributed by atoms with Crippen molar-refractivity contribution >= 4 is 11.1 Å². The standard InChI is InChI=1S/C28H33N2.ClH.Pt/c29-21-23-30-22-13-2-1-12-20-27(24-14-6-3-7-15-24)28(25-16-8-4-9-17-25)26-18-10-5-11-19-26;;/h3-11,14-19,29-30H,1-2,12-13,20-23H2;1H;/q-1;;+2/p-1. The summed E-state index contributed by atoms with van der Waals surface area (Å²) >= 11 is 0. The van der Waals surface area contributed by atoms with Crippen molar-refractivity contribution in [3.63, 3.8) is 0 Å². The quantitative estimate of drug-likeness (QED) is 0.237. The van der Waals surface area contributed by atoms with E-state index in [1.807, 2.05) is 0 Å². The van der Waals surface area contributed by atoms with Gasteiger partial charge in [0, 0.05) is 0 Å². The first-order chi connectivity index (χ1) is 14.9. The van der Waals surface area contributed by atoms with Crippen molar-refractivity contribution in [2.45, 2.75) is 32.1 Å². The first kappa shape index (κ1) is 28.3. The topological polar surface area (TPSA) is 35.8 Å². The van der Waals surface area contributed by atoms with Gasteiger partial charge in [-0.2, -0.15) is 0 Å². The smallest absolute Gasteiger partial charge is 1.00 e. The van der Waals surface area contributed by atoms with Gasteiger partial charge in [-0.25, -0.2) is 0 Å². The Morgan fingerprint density at radius 3 is 1.56 bits per heavy atom. The number of hydrogen-bond acceptors (Lipinski definition) is 1. The molecule has 0 saturated heterocycles. The van der Waals surface area contributed by atoms with E-state index in [0.717, 1.165) is 19.5 Å². The molecule has 3 rings (SSSR count). The third-order valence-electron chi connectivity index (χ3n) is 5.38. The van der Waals surface area contributed by atoms with Gasteiger partial charge >= 0.3 is 21.1 Å². The fourth-order valence-electron chi connectivity index (χ4n) is 3.90. The second-order valence-corrected chi connectivity index (χ2v) is 7.62. The zero-order valence-electron chi connectivity index (χ0n) is 18.5. The molecule has 3 aromatic rings. The molecular weight excluding hydrogens is 595 g/mol. The van der Waals surface area contributed by atoms with Gasteiger partial charge in [-0.15, -0.1) is 6.54 Å². The molecule has 0 aromatic heterocycles. The van der Waals surface area contributed by atoms with E-state index < -0.39 is 0 Å². The minimum absolute atomic E-state index is 0. The van der Waals surface area contributed by atoms with E-state index in [4.69, 9.17) is 5.73 Å². The summed E-state index contributed by atoms with van der Waals surface area (Å²) in [6.07, 6.45) is 5.92. The average Bonchev–Trinajstić information content (AvgIpc) is 2.82. The maximum atomic E-state index is 7.19. The molecule has 2 N–H and O–H groups in total. The maximum Gasteiger partial charge on any atom is 2.00 e. The van der Waals surface area contributed by atoms with Crippen molar-refractivity contribution in [1.29, 1.82) is 0 Å². The minimum Gasteiger partial charge on any atom is -1.00 e. The summed E-state index contributed by atoms with van der Waals surface area (Å²) in [6, 6.07) is 32.4. The summed E-state index contributed by atoms with van der Waals surface area (Å²) < 4.78 is 0. The van der Waals surface area contributed by atoms with Crippen molar-refractivity contribution in [1.82, 2.24) is 5.32 Å². The second-order valence-electron chi connectivity index (χ2n) is 7.62. The van der Waals surface area contributed by atoms with Crippen LogP contribution in [0, 0.1) is 0 Å². The van der Waals surface area contributed by atoms with Gasteiger partial charge in [0.05, 0.1) is 0 Å². The van der Waals surface area contributed by atoms with Gasteiger partial charge in [-0.05, 0) is 60.2 Å². The first-order valence-corrected chi connectivity index (χ1v) is 11.1. The van der Waals surface area contributed by atoms with E-state index in [1.54, 1.807) is 0 Å². The molecular formula is C28H33ClN2Pt. The Hall–Kier alpha value is -1.70. The monoisotopic (exact) mass is 627 g/mol. The predicted molar refractivity (Wildman–Crippen MR) is 130 cm³/mol. The summed E-state index contributed by atoms with van der Waals surface area (Å²) in [7, 11) is 0. The van der Waals surface area contributed by atoms with Crippen LogP contribution >= 0.6 is 0 Å². The van der Waals surface area contributed by atoms with E-state index in [1.165, 1.54) is 53.5 Å². The van der Waals surface area contributed by atoms with Gasteiger partial charge in [-0.3, -0.25) is 0 Å². The van der Waals surface area contributed by atoms with Crippen LogP contribution in [0.5, 0.6) is 0 Å². The van der Waals surface area contributed by atoms with Crippen LogP contribution < -0.4 is 17.7 Å². The van der Waals surface area contributed by atoms with Crippen molar-refractivity contribution in [2.75, 3.05) is 19.6 Å². The van der Waals surface area contributed by atoms with Gasteiger partial charge in [0.25, 0.3) is 0 Å². The van der Waals surface area contributed by atoms with Crippen LogP contribution in [0.15, 0.2) is 91.0 Å². The molecule has 4 heteroatoms. The first-order valence-electron chi connectivity index (χ1n) is 11.1. The Balaban J connectivity index is 0.00000256. The normalized spacial score (nSPS) is 10.0. The third-order valence-corrected chi connectivity index (χ3v) is 5.38. The molecule has 172 valence electrons. The fourth-order valence-corrected chi connectivity index (χ4v) is 3.90. The second kappa shape index (κ2) is 16.9. The zero-order chi connectivity index (χ0) is 20.9. The number of hydrogen-bond donors (Lipinski definition) is 1. The molecule has 0 amide bonds. The van der Waals surface area contributed by atoms with Crippen molar-refractivity contribution in [3.05, 3.63) is 113 Å². The van der Waals surface area contributed by atoms with E-state index in [0.29, 0.717) is 6.54 Å². The van der Waals surface area contributed by atoms with Crippen molar-refractivity contribution < 1.29 is 33.5 Å². The maximum absolute atomic E-state index is 7.19. The van der Waals surface area contributed by atoms with Gasteiger partial charge in [0.1, 0.15) is 0 Å². The van der Waals surface area contributed by atoms with Crippen molar-refractivity contribution in [2.24, 2.45) is 0 Å². The SMILES string of the molecule is [Cl-].[NH-]CCNCCCCCCC(=C(c1ccccc1)c1ccccc1)c1ccccc1.[Pt+2]. The number of rotatable bonds is 12. The van der Waals surface area contributed by atoms with Gasteiger partial charge < -0.3 is 23.5 Å². The molecule has 0 unspecified atom stereocenters. The minimum atomic E-state index is 0. The van der Waals surface area contributed by atoms with Crippen LogP contribution in [0.25, 0.3) is 16.9 Å². The molecule has 0 aliphatic heterocycles. The van der Waals surface area contributed by atoms with Gasteiger partial charge in [-0.1, -0.05) is 104 Å². The van der Waals surface area contributed by atoms with Crippen LogP contribution in [0.1, 0.15) is 48.8 Å². The van der Waals surface area contributed by atoms with Gasteiger partial charge in [0.15, 0.2) is 0 Å². The number of unbranched alkanes of at least 4 members (excludes halogenated alkanes) is 3. The fraction of sp³-hybridized carbons (Fsp3) is 0.286. The van der Waals surface area contributed by atoms with E-state index in [2.05, 4.69) is 96.3 Å². The summed E-state index contributed by atoms with van der Waals surface area (Å²) in [6.45, 7) is 2.30. The van der Waals surface area contributed by atoms with Crippen LogP contribution in [0.3, 0.4) is 0 Å². The summed E-state index contributed by atoms with van der Waals surface area (Å²) in [5.41, 5.74) is 13.8. The number of benzene rings is 3. The largest absolute Gasteiger partial charge is 2.00 e. The summed E-state index contributed by atoms with van der Waals surface area (Å²) in [4.78, 5) is 0. The van der Waals surface area contributed by atoms with Gasteiger partial charge in [0.2, 0.25) is 0 Å². The molecule has 32 heavy (non-hydrogen) atoms. The molecule has 0 bridgehead atoms. The molecule has 0 aliphatic rings. The molecule has 0 radical (unpaired) electrons. The molecule has 0 spiro atoms. The zero-order valence-corrected chi connectivity index (χ0v) is 21.5. The van der Waals surface area contributed by atoms with E-state index in [-0.39, 0.29) is 33.5 Å². The Labute approximate surface area is 214 Å². The Bertz CT molecular complexity index is 842. The number of halogens is 1. The molecule has 0 heterocycles. The van der Waals surface area contributed by atoms with Crippen LogP contribution in [0.2, 0.25) is 0 Å². The molecule has 0 saturated carbocycles. The Morgan fingerprint density at radius 2 is 1.06 bits per heavy atom. The number of allylic oxidation sites excluding steroid dienone is 1. The number of nitrogens with one attached hydrogen (secondary N) is 2. The van der Waals surface area contributed by atoms with Crippen LogP contribution in [-0.4, -0.2) is 19.6 Å². The predicted octanol–water partition coefficient (Wildman–Crippen LogP) is 4.24. The molecule has 0 aliphatic carbocycles. The van der Waals surface area contributed by atoms with E-state index >= 15 is 0 Å². The Kier molecular flexibility index (Phi) is 14.9. The van der Waals surface area contributed by atoms with E-state index in [9.17, 15) is 0 Å². The van der Waals surface area contributed by atoms with Crippen molar-refractivity contribution in [3.8, 4) is 0 Å². The summed E-state index contributed by atoms with van der Waals surface area (Å²) in [5.74, 6) is 0. The molecule has 0 fully saturated rings. The summed E-state index contributed by atoms with van der Waals surface area (Å²) in [5, 5.41) is 3.32. The Morgan fingerprint density at radius 1 is 0.594 bits per heavy atom. The average molecular weight is 628 g/mol. The van der Waals surface area contributed by atoms with Crippen LogP contribution in [-0.2, 0) is 21.1 Å². The molecule has 2 nitrogen and oxygen atoms in total. The molecule has 0 atom stereocenters. The third kappa shape index (κ3) is 9.04.